The van der Waals surface area contributed by atoms with Gasteiger partial charge in [-0.3, -0.25) is 4.99 Å². The number of nitrogens with one attached hydrogen (secondary N) is 2. The van der Waals surface area contributed by atoms with Gasteiger partial charge in [-0.05, 0) is 56.5 Å². The van der Waals surface area contributed by atoms with Gasteiger partial charge >= 0.3 is 0 Å². The Morgan fingerprint density at radius 2 is 1.82 bits per heavy atom. The van der Waals surface area contributed by atoms with Crippen LogP contribution in [-0.2, 0) is 13.0 Å². The first kappa shape index (κ1) is 17.6. The molecule has 2 aromatic rings. The Morgan fingerprint density at radius 1 is 1.04 bits per heavy atom. The maximum absolute atomic E-state index is 5.81. The van der Waals surface area contributed by atoms with Crippen LogP contribution < -0.4 is 20.1 Å². The van der Waals surface area contributed by atoms with Crippen molar-refractivity contribution in [2.45, 2.75) is 32.7 Å². The van der Waals surface area contributed by atoms with Crippen molar-refractivity contribution < 1.29 is 9.47 Å². The molecule has 2 aromatic carbocycles. The van der Waals surface area contributed by atoms with Crippen LogP contribution in [-0.4, -0.2) is 32.1 Å². The minimum absolute atomic E-state index is 0.0752. The summed E-state index contributed by atoms with van der Waals surface area (Å²) < 4.78 is 11.6. The summed E-state index contributed by atoms with van der Waals surface area (Å²) in [5.41, 5.74) is 5.02. The van der Waals surface area contributed by atoms with E-state index in [2.05, 4.69) is 54.0 Å². The summed E-state index contributed by atoms with van der Waals surface area (Å²) in [7, 11) is 0. The molecule has 28 heavy (non-hydrogen) atoms. The Balaban J connectivity index is 1.50. The van der Waals surface area contributed by atoms with Gasteiger partial charge in [-0.1, -0.05) is 29.8 Å². The van der Waals surface area contributed by atoms with Crippen molar-refractivity contribution in [1.82, 2.24) is 5.32 Å². The maximum Gasteiger partial charge on any atom is 0.163 e. The van der Waals surface area contributed by atoms with Crippen molar-refractivity contribution in [3.05, 3.63) is 53.1 Å². The Bertz CT molecular complexity index is 916. The van der Waals surface area contributed by atoms with Crippen LogP contribution in [0.2, 0.25) is 0 Å². The van der Waals surface area contributed by atoms with E-state index in [4.69, 9.17) is 14.5 Å². The molecule has 0 bridgehead atoms. The Kier molecular flexibility index (Phi) is 4.47. The van der Waals surface area contributed by atoms with E-state index in [0.29, 0.717) is 19.8 Å². The molecule has 5 rings (SSSR count). The molecular weight excluding hydrogens is 350 g/mol. The zero-order valence-corrected chi connectivity index (χ0v) is 16.4. The highest BCUT2D eigenvalue weighted by molar-refractivity contribution is 6.03. The molecule has 2 N–H and O–H groups in total. The fourth-order valence-electron chi connectivity index (χ4n) is 4.61. The second kappa shape index (κ2) is 7.13. The van der Waals surface area contributed by atoms with Crippen LogP contribution in [0.4, 0.5) is 5.69 Å². The summed E-state index contributed by atoms with van der Waals surface area (Å²) in [6.07, 6.45) is 3.20. The maximum atomic E-state index is 5.81. The normalized spacial score (nSPS) is 21.2. The number of amidine groups is 1. The highest BCUT2D eigenvalue weighted by atomic mass is 16.6. The molecule has 0 unspecified atom stereocenters. The summed E-state index contributed by atoms with van der Waals surface area (Å²) in [6.45, 7) is 6.13. The first-order valence-electron chi connectivity index (χ1n) is 10.2. The van der Waals surface area contributed by atoms with Gasteiger partial charge < -0.3 is 20.1 Å². The molecule has 5 nitrogen and oxygen atoms in total. The summed E-state index contributed by atoms with van der Waals surface area (Å²) in [5.74, 6) is 2.83. The average molecular weight is 377 g/mol. The number of benzene rings is 2. The third kappa shape index (κ3) is 3.24. The van der Waals surface area contributed by atoms with Crippen molar-refractivity contribution in [2.24, 2.45) is 10.4 Å². The lowest BCUT2D eigenvalue weighted by molar-refractivity contribution is 0.171. The molecule has 3 heterocycles. The number of anilines is 1. The molecule has 0 radical (unpaired) electrons. The largest absolute Gasteiger partial charge is 0.486 e. The van der Waals surface area contributed by atoms with E-state index in [-0.39, 0.29) is 5.41 Å². The predicted octanol–water partition coefficient (Wildman–Crippen LogP) is 3.70. The predicted molar refractivity (Wildman–Crippen MR) is 112 cm³/mol. The highest BCUT2D eigenvalue weighted by Crippen LogP contribution is 2.45. The molecule has 1 spiro atoms. The molecular formula is C23H27N3O2. The topological polar surface area (TPSA) is 54.9 Å². The van der Waals surface area contributed by atoms with Crippen molar-refractivity contribution in [3.63, 3.8) is 0 Å². The molecule has 0 aliphatic carbocycles. The van der Waals surface area contributed by atoms with Crippen LogP contribution in [0, 0.1) is 12.3 Å². The van der Waals surface area contributed by atoms with E-state index >= 15 is 0 Å². The van der Waals surface area contributed by atoms with Gasteiger partial charge in [0, 0.05) is 17.2 Å². The van der Waals surface area contributed by atoms with Crippen molar-refractivity contribution in [1.29, 1.82) is 0 Å². The number of nitrogens with zero attached hydrogens (tertiary/aromatic N) is 1. The third-order valence-electron chi connectivity index (χ3n) is 6.12. The minimum Gasteiger partial charge on any atom is -0.486 e. The standard InChI is InChI=1S/C23H27N3O2/c1-16-3-2-4-17(11-16)15-25-22-23(5-7-24-8-6-23)14-18-12-20-21(13-19(18)26-22)28-10-9-27-20/h2-4,11-13,24H,5-10,14-15H2,1H3,(H,25,26). The Labute approximate surface area is 166 Å². The lowest BCUT2D eigenvalue weighted by Crippen LogP contribution is -2.48. The number of ether oxygens (including phenoxy) is 2. The zero-order chi connectivity index (χ0) is 19.0. The molecule has 1 fully saturated rings. The van der Waals surface area contributed by atoms with Gasteiger partial charge in [0.15, 0.2) is 11.5 Å². The Morgan fingerprint density at radius 3 is 2.61 bits per heavy atom. The van der Waals surface area contributed by atoms with Crippen LogP contribution in [0.25, 0.3) is 0 Å². The van der Waals surface area contributed by atoms with Gasteiger partial charge in [0.05, 0.1) is 6.54 Å². The fraction of sp³-hybridized carbons (Fsp3) is 0.435. The first-order chi connectivity index (χ1) is 13.7. The SMILES string of the molecule is Cc1cccc(CN=C2Nc3cc4c(cc3CC23CCNCC3)OCCO4)c1. The van der Waals surface area contributed by atoms with Crippen LogP contribution >= 0.6 is 0 Å². The van der Waals surface area contributed by atoms with E-state index in [9.17, 15) is 0 Å². The number of aryl methyl sites for hydroxylation is 1. The van der Waals surface area contributed by atoms with Gasteiger partial charge in [-0.25, -0.2) is 0 Å². The van der Waals surface area contributed by atoms with Gasteiger partial charge in [-0.15, -0.1) is 0 Å². The number of fused-ring (bicyclic) bond motifs is 2. The lowest BCUT2D eigenvalue weighted by Gasteiger charge is -2.43. The lowest BCUT2D eigenvalue weighted by atomic mass is 9.70. The summed E-state index contributed by atoms with van der Waals surface area (Å²) >= 11 is 0. The summed E-state index contributed by atoms with van der Waals surface area (Å²) in [4.78, 5) is 5.09. The van der Waals surface area contributed by atoms with Crippen LogP contribution in [0.5, 0.6) is 11.5 Å². The smallest absolute Gasteiger partial charge is 0.163 e. The van der Waals surface area contributed by atoms with Gasteiger partial charge in [0.25, 0.3) is 0 Å². The van der Waals surface area contributed by atoms with E-state index in [1.807, 2.05) is 0 Å². The van der Waals surface area contributed by atoms with Crippen LogP contribution in [0.15, 0.2) is 41.4 Å². The van der Waals surface area contributed by atoms with Crippen LogP contribution in [0.1, 0.15) is 29.5 Å². The van der Waals surface area contributed by atoms with Gasteiger partial charge in [0.2, 0.25) is 0 Å². The summed E-state index contributed by atoms with van der Waals surface area (Å²) in [5, 5.41) is 7.18. The summed E-state index contributed by atoms with van der Waals surface area (Å²) in [6, 6.07) is 12.9. The number of piperidine rings is 1. The van der Waals surface area contributed by atoms with E-state index in [0.717, 1.165) is 55.4 Å². The first-order valence-corrected chi connectivity index (χ1v) is 10.2. The number of aliphatic imine (C=N–C) groups is 1. The van der Waals surface area contributed by atoms with E-state index in [1.54, 1.807) is 0 Å². The van der Waals surface area contributed by atoms with E-state index < -0.39 is 0 Å². The number of hydrogen-bond acceptors (Lipinski definition) is 4. The molecule has 0 aromatic heterocycles. The number of rotatable bonds is 2. The zero-order valence-electron chi connectivity index (χ0n) is 16.4. The Hall–Kier alpha value is -2.53. The number of hydrogen-bond donors (Lipinski definition) is 2. The quantitative estimate of drug-likeness (QED) is 0.838. The molecule has 0 saturated carbocycles. The van der Waals surface area contributed by atoms with E-state index in [1.165, 1.54) is 16.7 Å². The molecule has 5 heteroatoms. The average Bonchev–Trinajstić information content (AvgIpc) is 2.71. The second-order valence-electron chi connectivity index (χ2n) is 8.14. The van der Waals surface area contributed by atoms with Gasteiger partial charge in [-0.2, -0.15) is 0 Å². The highest BCUT2D eigenvalue weighted by Gasteiger charge is 2.41. The van der Waals surface area contributed by atoms with Gasteiger partial charge in [0.1, 0.15) is 19.0 Å². The molecule has 3 aliphatic heterocycles. The molecule has 0 amide bonds. The molecule has 0 atom stereocenters. The minimum atomic E-state index is 0.0752. The monoisotopic (exact) mass is 377 g/mol. The second-order valence-corrected chi connectivity index (χ2v) is 8.14. The molecule has 1 saturated heterocycles. The van der Waals surface area contributed by atoms with Crippen LogP contribution in [0.3, 0.4) is 0 Å². The van der Waals surface area contributed by atoms with Crippen molar-refractivity contribution in [2.75, 3.05) is 31.6 Å². The molecule has 3 aliphatic rings. The van der Waals surface area contributed by atoms with Crippen molar-refractivity contribution in [3.8, 4) is 11.5 Å². The fourth-order valence-corrected chi connectivity index (χ4v) is 4.61. The molecule has 146 valence electrons. The van der Waals surface area contributed by atoms with Crippen molar-refractivity contribution >= 4 is 11.5 Å². The third-order valence-corrected chi connectivity index (χ3v) is 6.12.